The fourth-order valence-electron chi connectivity index (χ4n) is 2.04. The fourth-order valence-corrected chi connectivity index (χ4v) is 2.47. The summed E-state index contributed by atoms with van der Waals surface area (Å²) in [6.45, 7) is 5.34. The highest BCUT2D eigenvalue weighted by molar-refractivity contribution is 9.09. The maximum atomic E-state index is 11.9. The molecule has 0 radical (unpaired) electrons. The van der Waals surface area contributed by atoms with Gasteiger partial charge in [-0.05, 0) is 26.7 Å². The molecule has 1 unspecified atom stereocenters. The zero-order valence-electron chi connectivity index (χ0n) is 12.4. The molecule has 0 aromatic heterocycles. The molecule has 1 fully saturated rings. The normalized spacial score (nSPS) is 20.3. The number of alkyl halides is 1. The Kier molecular flexibility index (Phi) is 6.00. The molecule has 0 saturated carbocycles. The van der Waals surface area contributed by atoms with E-state index in [9.17, 15) is 19.5 Å². The first-order valence-electron chi connectivity index (χ1n) is 6.69. The molecule has 0 aliphatic carbocycles. The summed E-state index contributed by atoms with van der Waals surface area (Å²) in [5.41, 5.74) is -0.659. The molecule has 21 heavy (non-hydrogen) atoms. The SMILES string of the molecule is CC(C)(C)OC(=O)NC[C@H](C(=O)O)N1CC(CBr)CC1=O. The van der Waals surface area contributed by atoms with Gasteiger partial charge in [-0.2, -0.15) is 0 Å². The first-order chi connectivity index (χ1) is 9.64. The number of alkyl carbamates (subject to hydrolysis) is 1. The molecule has 1 aliphatic heterocycles. The lowest BCUT2D eigenvalue weighted by atomic mass is 10.2. The summed E-state index contributed by atoms with van der Waals surface area (Å²) in [5.74, 6) is -1.26. The van der Waals surface area contributed by atoms with Gasteiger partial charge in [0.1, 0.15) is 11.6 Å². The van der Waals surface area contributed by atoms with Crippen molar-refractivity contribution in [3.8, 4) is 0 Å². The van der Waals surface area contributed by atoms with E-state index in [0.717, 1.165) is 0 Å². The number of rotatable bonds is 5. The Morgan fingerprint density at radius 3 is 2.57 bits per heavy atom. The maximum absolute atomic E-state index is 11.9. The van der Waals surface area contributed by atoms with Crippen LogP contribution in [0.2, 0.25) is 0 Å². The number of carboxylic acid groups (broad SMARTS) is 1. The maximum Gasteiger partial charge on any atom is 0.407 e. The van der Waals surface area contributed by atoms with E-state index in [1.807, 2.05) is 0 Å². The summed E-state index contributed by atoms with van der Waals surface area (Å²) in [6.07, 6.45) is -0.376. The van der Waals surface area contributed by atoms with Crippen LogP contribution in [0.15, 0.2) is 0 Å². The van der Waals surface area contributed by atoms with Crippen LogP contribution in [0.1, 0.15) is 27.2 Å². The highest BCUT2D eigenvalue weighted by Crippen LogP contribution is 2.21. The Hall–Kier alpha value is -1.31. The molecule has 1 saturated heterocycles. The lowest BCUT2D eigenvalue weighted by Gasteiger charge is -2.26. The van der Waals surface area contributed by atoms with Crippen molar-refractivity contribution in [3.63, 3.8) is 0 Å². The van der Waals surface area contributed by atoms with Crippen molar-refractivity contribution in [2.45, 2.75) is 38.8 Å². The summed E-state index contributed by atoms with van der Waals surface area (Å²) in [5, 5.41) is 12.3. The van der Waals surface area contributed by atoms with E-state index in [0.29, 0.717) is 18.3 Å². The number of carboxylic acids is 1. The molecular weight excluding hydrogens is 344 g/mol. The average molecular weight is 365 g/mol. The molecule has 1 rings (SSSR count). The van der Waals surface area contributed by atoms with Crippen LogP contribution >= 0.6 is 15.9 Å². The van der Waals surface area contributed by atoms with Crippen LogP contribution < -0.4 is 5.32 Å². The number of amides is 2. The molecule has 8 heteroatoms. The van der Waals surface area contributed by atoms with Gasteiger partial charge in [0.25, 0.3) is 0 Å². The molecule has 0 aromatic carbocycles. The van der Waals surface area contributed by atoms with E-state index < -0.39 is 23.7 Å². The average Bonchev–Trinajstić information content (AvgIpc) is 2.68. The Morgan fingerprint density at radius 1 is 1.52 bits per heavy atom. The van der Waals surface area contributed by atoms with Gasteiger partial charge in [0, 0.05) is 18.3 Å². The van der Waals surface area contributed by atoms with Gasteiger partial charge >= 0.3 is 12.1 Å². The van der Waals surface area contributed by atoms with Gasteiger partial charge in [-0.25, -0.2) is 9.59 Å². The number of ether oxygens (including phenoxy) is 1. The van der Waals surface area contributed by atoms with Crippen molar-refractivity contribution < 1.29 is 24.2 Å². The minimum Gasteiger partial charge on any atom is -0.480 e. The number of hydrogen-bond donors (Lipinski definition) is 2. The van der Waals surface area contributed by atoms with E-state index >= 15 is 0 Å². The fraction of sp³-hybridized carbons (Fsp3) is 0.769. The van der Waals surface area contributed by atoms with Crippen molar-refractivity contribution in [1.82, 2.24) is 10.2 Å². The van der Waals surface area contributed by atoms with Gasteiger partial charge in [-0.1, -0.05) is 15.9 Å². The van der Waals surface area contributed by atoms with Gasteiger partial charge in [0.15, 0.2) is 0 Å². The lowest BCUT2D eigenvalue weighted by Crippen LogP contribution is -2.50. The van der Waals surface area contributed by atoms with Crippen LogP contribution in [0.5, 0.6) is 0 Å². The predicted molar refractivity (Wildman–Crippen MR) is 79.3 cm³/mol. The van der Waals surface area contributed by atoms with E-state index in [-0.39, 0.29) is 18.4 Å². The van der Waals surface area contributed by atoms with Crippen molar-refractivity contribution >= 4 is 33.9 Å². The molecule has 7 nitrogen and oxygen atoms in total. The van der Waals surface area contributed by atoms with E-state index in [1.165, 1.54) is 4.90 Å². The van der Waals surface area contributed by atoms with Gasteiger partial charge in [0.2, 0.25) is 5.91 Å². The zero-order valence-corrected chi connectivity index (χ0v) is 14.0. The van der Waals surface area contributed by atoms with Crippen LogP contribution in [0.25, 0.3) is 0 Å². The van der Waals surface area contributed by atoms with E-state index in [2.05, 4.69) is 21.2 Å². The first kappa shape index (κ1) is 17.7. The van der Waals surface area contributed by atoms with E-state index in [1.54, 1.807) is 20.8 Å². The largest absolute Gasteiger partial charge is 0.480 e. The second kappa shape index (κ2) is 7.11. The molecule has 2 amide bonds. The summed E-state index contributed by atoms with van der Waals surface area (Å²) < 4.78 is 5.05. The molecule has 120 valence electrons. The quantitative estimate of drug-likeness (QED) is 0.714. The van der Waals surface area contributed by atoms with Crippen molar-refractivity contribution in [1.29, 1.82) is 0 Å². The standard InChI is InChI=1S/C13H21BrN2O5/c1-13(2,3)21-12(20)15-6-9(11(18)19)16-7-8(5-14)4-10(16)17/h8-9H,4-7H2,1-3H3,(H,15,20)(H,18,19)/t8?,9-/m1/s1. The Labute approximate surface area is 132 Å². The Balaban J connectivity index is 2.61. The van der Waals surface area contributed by atoms with Gasteiger partial charge in [-0.3, -0.25) is 4.79 Å². The van der Waals surface area contributed by atoms with Crippen LogP contribution in [-0.4, -0.2) is 58.0 Å². The molecule has 2 N–H and O–H groups in total. The third-order valence-electron chi connectivity index (χ3n) is 2.96. The summed E-state index contributed by atoms with van der Waals surface area (Å²) >= 11 is 3.30. The molecule has 0 aromatic rings. The predicted octanol–water partition coefficient (Wildman–Crippen LogP) is 1.21. The van der Waals surface area contributed by atoms with Crippen LogP contribution in [-0.2, 0) is 14.3 Å². The number of aliphatic carboxylic acids is 1. The topological polar surface area (TPSA) is 95.9 Å². The molecule has 1 heterocycles. The number of hydrogen-bond acceptors (Lipinski definition) is 4. The number of carbonyl (C=O) groups is 3. The van der Waals surface area contributed by atoms with E-state index in [4.69, 9.17) is 4.74 Å². The Morgan fingerprint density at radius 2 is 2.14 bits per heavy atom. The number of halogens is 1. The zero-order chi connectivity index (χ0) is 16.2. The van der Waals surface area contributed by atoms with Gasteiger partial charge in [0.05, 0.1) is 6.54 Å². The summed E-state index contributed by atoms with van der Waals surface area (Å²) in [6, 6.07) is -1.07. The number of nitrogens with zero attached hydrogens (tertiary/aromatic N) is 1. The number of nitrogens with one attached hydrogen (secondary N) is 1. The molecule has 0 bridgehead atoms. The molecular formula is C13H21BrN2O5. The number of carbonyl (C=O) groups excluding carboxylic acids is 2. The molecule has 0 spiro atoms. The molecule has 1 aliphatic rings. The Bertz CT molecular complexity index is 421. The van der Waals surface area contributed by atoms with Crippen LogP contribution in [0.3, 0.4) is 0 Å². The van der Waals surface area contributed by atoms with Crippen molar-refractivity contribution in [3.05, 3.63) is 0 Å². The van der Waals surface area contributed by atoms with Crippen LogP contribution in [0.4, 0.5) is 4.79 Å². The van der Waals surface area contributed by atoms with Gasteiger partial charge in [-0.15, -0.1) is 0 Å². The van der Waals surface area contributed by atoms with Crippen molar-refractivity contribution in [2.75, 3.05) is 18.4 Å². The second-order valence-corrected chi connectivity index (χ2v) is 6.65. The third-order valence-corrected chi connectivity index (χ3v) is 3.87. The molecule has 2 atom stereocenters. The summed E-state index contributed by atoms with van der Waals surface area (Å²) in [7, 11) is 0. The van der Waals surface area contributed by atoms with Gasteiger partial charge < -0.3 is 20.1 Å². The number of likely N-dealkylation sites (tertiary alicyclic amines) is 1. The second-order valence-electron chi connectivity index (χ2n) is 6.01. The van der Waals surface area contributed by atoms with Crippen LogP contribution in [0, 0.1) is 5.92 Å². The minimum absolute atomic E-state index is 0.0980. The first-order valence-corrected chi connectivity index (χ1v) is 7.81. The monoisotopic (exact) mass is 364 g/mol. The van der Waals surface area contributed by atoms with Crippen molar-refractivity contribution in [2.24, 2.45) is 5.92 Å². The smallest absolute Gasteiger partial charge is 0.407 e. The highest BCUT2D eigenvalue weighted by Gasteiger charge is 2.37. The third kappa shape index (κ3) is 5.53. The minimum atomic E-state index is -1.14. The lowest BCUT2D eigenvalue weighted by molar-refractivity contribution is -0.148. The summed E-state index contributed by atoms with van der Waals surface area (Å²) in [4.78, 5) is 36.1. The highest BCUT2D eigenvalue weighted by atomic mass is 79.9.